The summed E-state index contributed by atoms with van der Waals surface area (Å²) in [6.45, 7) is 2.67. The van der Waals surface area contributed by atoms with Gasteiger partial charge in [-0.25, -0.2) is 0 Å². The smallest absolute Gasteiger partial charge is 0.180 e. The molecule has 0 atom stereocenters. The molecule has 110 valence electrons. The fourth-order valence-corrected chi connectivity index (χ4v) is 2.04. The van der Waals surface area contributed by atoms with E-state index in [2.05, 4.69) is 10.1 Å². The first kappa shape index (κ1) is 15.1. The van der Waals surface area contributed by atoms with Crippen LogP contribution in [-0.2, 0) is 6.61 Å². The fraction of sp³-hybridized carbons (Fsp3) is 0.200. The molecule has 2 rings (SSSR count). The SMILES string of the molecule is CCOc1cc(/C=N/O)cc(Cl)c1OCc1cccnc1. The van der Waals surface area contributed by atoms with E-state index in [1.54, 1.807) is 24.5 Å². The number of aromatic nitrogens is 1. The lowest BCUT2D eigenvalue weighted by atomic mass is 10.2. The predicted molar refractivity (Wildman–Crippen MR) is 80.6 cm³/mol. The highest BCUT2D eigenvalue weighted by Crippen LogP contribution is 2.36. The van der Waals surface area contributed by atoms with Gasteiger partial charge in [0.15, 0.2) is 11.5 Å². The van der Waals surface area contributed by atoms with Gasteiger partial charge in [-0.3, -0.25) is 4.98 Å². The predicted octanol–water partition coefficient (Wildman–Crippen LogP) is 3.52. The van der Waals surface area contributed by atoms with Gasteiger partial charge in [-0.1, -0.05) is 22.8 Å². The lowest BCUT2D eigenvalue weighted by Gasteiger charge is -2.14. The average molecular weight is 307 g/mol. The topological polar surface area (TPSA) is 63.9 Å². The lowest BCUT2D eigenvalue weighted by Crippen LogP contribution is -2.01. The van der Waals surface area contributed by atoms with E-state index in [-0.39, 0.29) is 0 Å². The summed E-state index contributed by atoms with van der Waals surface area (Å²) in [5.41, 5.74) is 1.55. The van der Waals surface area contributed by atoms with Crippen molar-refractivity contribution in [1.82, 2.24) is 4.98 Å². The van der Waals surface area contributed by atoms with Crippen LogP contribution in [0.2, 0.25) is 5.02 Å². The molecule has 1 aromatic heterocycles. The highest BCUT2D eigenvalue weighted by atomic mass is 35.5. The van der Waals surface area contributed by atoms with Crippen molar-refractivity contribution in [3.05, 3.63) is 52.8 Å². The monoisotopic (exact) mass is 306 g/mol. The van der Waals surface area contributed by atoms with Gasteiger partial charge in [-0.05, 0) is 25.1 Å². The van der Waals surface area contributed by atoms with E-state index in [0.29, 0.717) is 35.3 Å². The van der Waals surface area contributed by atoms with Crippen LogP contribution in [0, 0.1) is 0 Å². The molecule has 0 saturated carbocycles. The molecule has 0 saturated heterocycles. The van der Waals surface area contributed by atoms with Crippen LogP contribution in [0.3, 0.4) is 0 Å². The van der Waals surface area contributed by atoms with E-state index >= 15 is 0 Å². The quantitative estimate of drug-likeness (QED) is 0.504. The summed E-state index contributed by atoms with van der Waals surface area (Å²) in [7, 11) is 0. The minimum Gasteiger partial charge on any atom is -0.490 e. The maximum absolute atomic E-state index is 8.60. The van der Waals surface area contributed by atoms with E-state index in [9.17, 15) is 0 Å². The van der Waals surface area contributed by atoms with Crippen molar-refractivity contribution < 1.29 is 14.7 Å². The van der Waals surface area contributed by atoms with Crippen molar-refractivity contribution in [1.29, 1.82) is 0 Å². The third-order valence-corrected chi connectivity index (χ3v) is 2.93. The van der Waals surface area contributed by atoms with Gasteiger partial charge in [0, 0.05) is 23.5 Å². The van der Waals surface area contributed by atoms with Crippen LogP contribution in [-0.4, -0.2) is 23.0 Å². The van der Waals surface area contributed by atoms with E-state index in [0.717, 1.165) is 5.56 Å². The Morgan fingerprint density at radius 2 is 2.24 bits per heavy atom. The first-order valence-electron chi connectivity index (χ1n) is 6.40. The highest BCUT2D eigenvalue weighted by molar-refractivity contribution is 6.32. The van der Waals surface area contributed by atoms with E-state index < -0.39 is 0 Å². The molecule has 1 heterocycles. The van der Waals surface area contributed by atoms with E-state index in [1.807, 2.05) is 19.1 Å². The van der Waals surface area contributed by atoms with Gasteiger partial charge in [0.05, 0.1) is 17.8 Å². The number of ether oxygens (including phenoxy) is 2. The zero-order valence-corrected chi connectivity index (χ0v) is 12.2. The molecular formula is C15H15ClN2O3. The second-order valence-corrected chi connectivity index (χ2v) is 4.56. The number of pyridine rings is 1. The molecule has 0 aliphatic heterocycles. The zero-order valence-electron chi connectivity index (χ0n) is 11.5. The third kappa shape index (κ3) is 4.10. The molecule has 0 amide bonds. The molecule has 0 fully saturated rings. The van der Waals surface area contributed by atoms with Crippen LogP contribution in [0.15, 0.2) is 41.8 Å². The van der Waals surface area contributed by atoms with Crippen molar-refractivity contribution in [2.45, 2.75) is 13.5 Å². The molecule has 1 aromatic carbocycles. The van der Waals surface area contributed by atoms with Crippen molar-refractivity contribution in [2.24, 2.45) is 5.16 Å². The average Bonchev–Trinajstić information content (AvgIpc) is 2.48. The Labute approximate surface area is 127 Å². The number of oxime groups is 1. The van der Waals surface area contributed by atoms with Crippen LogP contribution >= 0.6 is 11.6 Å². The molecule has 0 bridgehead atoms. The second-order valence-electron chi connectivity index (χ2n) is 4.16. The van der Waals surface area contributed by atoms with Crippen LogP contribution in [0.5, 0.6) is 11.5 Å². The van der Waals surface area contributed by atoms with Crippen LogP contribution in [0.25, 0.3) is 0 Å². The molecular weight excluding hydrogens is 292 g/mol. The van der Waals surface area contributed by atoms with Crippen LogP contribution < -0.4 is 9.47 Å². The maximum Gasteiger partial charge on any atom is 0.180 e. The highest BCUT2D eigenvalue weighted by Gasteiger charge is 2.12. The minimum absolute atomic E-state index is 0.334. The largest absolute Gasteiger partial charge is 0.490 e. The molecule has 5 nitrogen and oxygen atoms in total. The van der Waals surface area contributed by atoms with E-state index in [4.69, 9.17) is 26.3 Å². The van der Waals surface area contributed by atoms with Gasteiger partial charge in [0.1, 0.15) is 6.61 Å². The van der Waals surface area contributed by atoms with Gasteiger partial charge in [-0.2, -0.15) is 0 Å². The number of rotatable bonds is 6. The van der Waals surface area contributed by atoms with Gasteiger partial charge < -0.3 is 14.7 Å². The Kier molecular flexibility index (Phi) is 5.40. The first-order chi connectivity index (χ1) is 10.2. The normalized spacial score (nSPS) is 10.8. The molecule has 2 aromatic rings. The Morgan fingerprint density at radius 3 is 2.90 bits per heavy atom. The summed E-state index contributed by atoms with van der Waals surface area (Å²) >= 11 is 6.21. The molecule has 0 spiro atoms. The van der Waals surface area contributed by atoms with Crippen molar-refractivity contribution in [2.75, 3.05) is 6.61 Å². The lowest BCUT2D eigenvalue weighted by molar-refractivity contribution is 0.269. The Morgan fingerprint density at radius 1 is 1.38 bits per heavy atom. The number of halogens is 1. The standard InChI is InChI=1S/C15H15ClN2O3/c1-2-20-14-7-12(9-18-19)6-13(16)15(14)21-10-11-4-3-5-17-8-11/h3-9,19H,2,10H2,1H3/b18-9+. The van der Waals surface area contributed by atoms with Gasteiger partial charge in [-0.15, -0.1) is 0 Å². The van der Waals surface area contributed by atoms with Gasteiger partial charge >= 0.3 is 0 Å². The molecule has 0 aliphatic carbocycles. The summed E-state index contributed by atoms with van der Waals surface area (Å²) in [4.78, 5) is 4.03. The van der Waals surface area contributed by atoms with Crippen molar-refractivity contribution in [3.63, 3.8) is 0 Å². The summed E-state index contributed by atoms with van der Waals surface area (Å²) in [5, 5.41) is 12.0. The Hall–Kier alpha value is -2.27. The summed E-state index contributed by atoms with van der Waals surface area (Å²) in [6.07, 6.45) is 4.70. The van der Waals surface area contributed by atoms with Gasteiger partial charge in [0.2, 0.25) is 0 Å². The van der Waals surface area contributed by atoms with Crippen LogP contribution in [0.1, 0.15) is 18.1 Å². The number of nitrogens with zero attached hydrogens (tertiary/aromatic N) is 2. The second kappa shape index (κ2) is 7.50. The summed E-state index contributed by atoms with van der Waals surface area (Å²) in [6, 6.07) is 7.09. The maximum atomic E-state index is 8.60. The fourth-order valence-electron chi connectivity index (χ4n) is 1.77. The number of benzene rings is 1. The Balaban J connectivity index is 2.24. The van der Waals surface area contributed by atoms with Crippen molar-refractivity contribution in [3.8, 4) is 11.5 Å². The van der Waals surface area contributed by atoms with E-state index in [1.165, 1.54) is 6.21 Å². The zero-order chi connectivity index (χ0) is 15.1. The summed E-state index contributed by atoms with van der Waals surface area (Å²) in [5.74, 6) is 0.959. The molecule has 6 heteroatoms. The van der Waals surface area contributed by atoms with Gasteiger partial charge in [0.25, 0.3) is 0 Å². The van der Waals surface area contributed by atoms with Crippen molar-refractivity contribution >= 4 is 17.8 Å². The number of hydrogen-bond donors (Lipinski definition) is 1. The molecule has 0 unspecified atom stereocenters. The molecule has 0 radical (unpaired) electrons. The third-order valence-electron chi connectivity index (χ3n) is 2.64. The number of hydrogen-bond acceptors (Lipinski definition) is 5. The molecule has 21 heavy (non-hydrogen) atoms. The summed E-state index contributed by atoms with van der Waals surface area (Å²) < 4.78 is 11.3. The first-order valence-corrected chi connectivity index (χ1v) is 6.78. The molecule has 1 N–H and O–H groups in total. The minimum atomic E-state index is 0.334. The molecule has 0 aliphatic rings. The van der Waals surface area contributed by atoms with Crippen LogP contribution in [0.4, 0.5) is 0 Å². The Bertz CT molecular complexity index is 618.